The van der Waals surface area contributed by atoms with Gasteiger partial charge in [-0.3, -0.25) is 0 Å². The summed E-state index contributed by atoms with van der Waals surface area (Å²) in [6, 6.07) is 9.55. The first-order valence-corrected chi connectivity index (χ1v) is 4.51. The smallest absolute Gasteiger partial charge is 0.244 e. The first-order valence-electron chi connectivity index (χ1n) is 4.51. The molecule has 2 aromatic rings. The van der Waals surface area contributed by atoms with Crippen molar-refractivity contribution >= 4 is 6.21 Å². The lowest BCUT2D eigenvalue weighted by Gasteiger charge is -1.92. The average Bonchev–Trinajstić information content (AvgIpc) is 2.58. The molecule has 0 saturated carbocycles. The molecule has 0 spiro atoms. The Labute approximate surface area is 86.1 Å². The van der Waals surface area contributed by atoms with Crippen molar-refractivity contribution in [1.82, 2.24) is 14.9 Å². The van der Waals surface area contributed by atoms with Crippen LogP contribution in [0.5, 0.6) is 0 Å². The summed E-state index contributed by atoms with van der Waals surface area (Å²) in [5.41, 5.74) is 0.602. The van der Waals surface area contributed by atoms with E-state index in [2.05, 4.69) is 15.3 Å². The molecule has 0 aliphatic heterocycles. The fourth-order valence-electron chi connectivity index (χ4n) is 1.17. The maximum Gasteiger partial charge on any atom is 0.364 e. The number of nitrogens with zero attached hydrogens (tertiary/aromatic N) is 3. The minimum Gasteiger partial charge on any atom is -0.244 e. The van der Waals surface area contributed by atoms with E-state index >= 15 is 0 Å². The van der Waals surface area contributed by atoms with E-state index in [0.717, 1.165) is 5.56 Å². The molecule has 1 N–H and O–H groups in total. The van der Waals surface area contributed by atoms with Gasteiger partial charge in [-0.15, -0.1) is 0 Å². The second-order valence-corrected chi connectivity index (χ2v) is 3.04. The molecule has 0 aliphatic carbocycles. The molecule has 0 radical (unpaired) electrons. The molecule has 0 aliphatic rings. The zero-order valence-corrected chi connectivity index (χ0v) is 8.21. The fourth-order valence-corrected chi connectivity index (χ4v) is 1.17. The lowest BCUT2D eigenvalue weighted by Crippen LogP contribution is -2.13. The third-order valence-corrected chi connectivity index (χ3v) is 1.93. The van der Waals surface area contributed by atoms with Crippen molar-refractivity contribution in [2.45, 2.75) is 6.92 Å². The zero-order valence-electron chi connectivity index (χ0n) is 8.21. The van der Waals surface area contributed by atoms with Crippen LogP contribution in [0, 0.1) is 6.92 Å². The van der Waals surface area contributed by atoms with Gasteiger partial charge in [0.2, 0.25) is 0 Å². The van der Waals surface area contributed by atoms with Crippen molar-refractivity contribution in [1.29, 1.82) is 0 Å². The lowest BCUT2D eigenvalue weighted by atomic mass is 10.2. The first kappa shape index (κ1) is 9.39. The van der Waals surface area contributed by atoms with Gasteiger partial charge in [0, 0.05) is 0 Å². The summed E-state index contributed by atoms with van der Waals surface area (Å²) in [5.74, 6) is 0.534. The molecule has 0 saturated heterocycles. The van der Waals surface area contributed by atoms with Gasteiger partial charge in [-0.1, -0.05) is 30.3 Å². The summed E-state index contributed by atoms with van der Waals surface area (Å²) in [6.45, 7) is 1.71. The van der Waals surface area contributed by atoms with Gasteiger partial charge in [0.15, 0.2) is 5.82 Å². The number of rotatable bonds is 2. The average molecular weight is 202 g/mol. The summed E-state index contributed by atoms with van der Waals surface area (Å²) in [4.78, 5) is 11.2. The highest BCUT2D eigenvalue weighted by Crippen LogP contribution is 1.94. The molecular weight excluding hydrogens is 192 g/mol. The molecule has 0 unspecified atom stereocenters. The van der Waals surface area contributed by atoms with Crippen LogP contribution in [0.15, 0.2) is 40.2 Å². The van der Waals surface area contributed by atoms with E-state index in [0.29, 0.717) is 5.82 Å². The fraction of sp³-hybridized carbons (Fsp3) is 0.100. The topological polar surface area (TPSA) is 63.0 Å². The lowest BCUT2D eigenvalue weighted by molar-refractivity contribution is 0.800. The summed E-state index contributed by atoms with van der Waals surface area (Å²) in [6.07, 6.45) is 1.62. The second kappa shape index (κ2) is 3.91. The number of hydrogen-bond acceptors (Lipinski definition) is 3. The molecule has 0 bridgehead atoms. The van der Waals surface area contributed by atoms with Crippen LogP contribution in [0.2, 0.25) is 0 Å². The van der Waals surface area contributed by atoms with Gasteiger partial charge >= 0.3 is 5.69 Å². The molecule has 0 atom stereocenters. The van der Waals surface area contributed by atoms with Crippen molar-refractivity contribution < 1.29 is 0 Å². The van der Waals surface area contributed by atoms with Gasteiger partial charge in [0.1, 0.15) is 0 Å². The maximum atomic E-state index is 11.2. The van der Waals surface area contributed by atoms with E-state index in [1.54, 1.807) is 13.1 Å². The van der Waals surface area contributed by atoms with Crippen LogP contribution in [0.4, 0.5) is 0 Å². The maximum absolute atomic E-state index is 11.2. The molecule has 1 aromatic carbocycles. The number of aryl methyl sites for hydroxylation is 1. The van der Waals surface area contributed by atoms with Gasteiger partial charge < -0.3 is 0 Å². The quantitative estimate of drug-likeness (QED) is 0.731. The highest BCUT2D eigenvalue weighted by atomic mass is 16.2. The predicted octanol–water partition coefficient (Wildman–Crippen LogP) is 0.762. The SMILES string of the molecule is Cc1n[nH]c(=O)n1/N=C\c1ccccc1. The standard InChI is InChI=1S/C10H10N4O/c1-8-12-13-10(15)14(8)11-7-9-5-3-2-4-6-9/h2-7H,1H3,(H,13,15)/b11-7-. The summed E-state index contributed by atoms with van der Waals surface area (Å²) >= 11 is 0. The Morgan fingerprint density at radius 1 is 1.40 bits per heavy atom. The molecular formula is C10H10N4O. The van der Waals surface area contributed by atoms with E-state index < -0.39 is 0 Å². The molecule has 1 aromatic heterocycles. The molecule has 5 heteroatoms. The molecule has 2 rings (SSSR count). The van der Waals surface area contributed by atoms with Crippen LogP contribution in [0.25, 0.3) is 0 Å². The van der Waals surface area contributed by atoms with Gasteiger partial charge in [-0.2, -0.15) is 14.9 Å². The third-order valence-electron chi connectivity index (χ3n) is 1.93. The number of aromatic nitrogens is 3. The van der Waals surface area contributed by atoms with E-state index in [4.69, 9.17) is 0 Å². The van der Waals surface area contributed by atoms with Crippen molar-refractivity contribution in [3.8, 4) is 0 Å². The molecule has 76 valence electrons. The van der Waals surface area contributed by atoms with Crippen LogP contribution in [0.1, 0.15) is 11.4 Å². The van der Waals surface area contributed by atoms with Gasteiger partial charge in [-0.05, 0) is 12.5 Å². The van der Waals surface area contributed by atoms with Crippen molar-refractivity contribution in [3.05, 3.63) is 52.2 Å². The van der Waals surface area contributed by atoms with Gasteiger partial charge in [-0.25, -0.2) is 9.89 Å². The van der Waals surface area contributed by atoms with Crippen LogP contribution < -0.4 is 5.69 Å². The number of H-pyrrole nitrogens is 1. The minimum absolute atomic E-state index is 0.334. The minimum atomic E-state index is -0.334. The number of benzene rings is 1. The second-order valence-electron chi connectivity index (χ2n) is 3.04. The highest BCUT2D eigenvalue weighted by Gasteiger charge is 1.99. The summed E-state index contributed by atoms with van der Waals surface area (Å²) in [5, 5.41) is 10.1. The van der Waals surface area contributed by atoms with Crippen LogP contribution in [-0.2, 0) is 0 Å². The van der Waals surface area contributed by atoms with Gasteiger partial charge in [0.05, 0.1) is 6.21 Å². The largest absolute Gasteiger partial charge is 0.364 e. The first-order chi connectivity index (χ1) is 7.27. The number of hydrogen-bond donors (Lipinski definition) is 1. The van der Waals surface area contributed by atoms with Crippen molar-refractivity contribution in [2.75, 3.05) is 0 Å². The third kappa shape index (κ3) is 2.01. The van der Waals surface area contributed by atoms with E-state index in [9.17, 15) is 4.79 Å². The molecule has 0 fully saturated rings. The Kier molecular flexibility index (Phi) is 2.45. The Balaban J connectivity index is 2.30. The molecule has 0 amide bonds. The predicted molar refractivity (Wildman–Crippen MR) is 57.0 cm³/mol. The summed E-state index contributed by atoms with van der Waals surface area (Å²) in [7, 11) is 0. The van der Waals surface area contributed by atoms with E-state index in [-0.39, 0.29) is 5.69 Å². The van der Waals surface area contributed by atoms with Crippen molar-refractivity contribution in [3.63, 3.8) is 0 Å². The summed E-state index contributed by atoms with van der Waals surface area (Å²) < 4.78 is 1.22. The Morgan fingerprint density at radius 3 is 2.73 bits per heavy atom. The van der Waals surface area contributed by atoms with Crippen LogP contribution in [0.3, 0.4) is 0 Å². The van der Waals surface area contributed by atoms with Crippen molar-refractivity contribution in [2.24, 2.45) is 5.10 Å². The van der Waals surface area contributed by atoms with Gasteiger partial charge in [0.25, 0.3) is 0 Å². The number of aromatic amines is 1. The Morgan fingerprint density at radius 2 is 2.13 bits per heavy atom. The Bertz CT molecular complexity index is 524. The monoisotopic (exact) mass is 202 g/mol. The highest BCUT2D eigenvalue weighted by molar-refractivity contribution is 5.79. The number of nitrogens with one attached hydrogen (secondary N) is 1. The normalized spacial score (nSPS) is 11.0. The molecule has 1 heterocycles. The molecule has 15 heavy (non-hydrogen) atoms. The Hall–Kier alpha value is -2.17. The van der Waals surface area contributed by atoms with Crippen LogP contribution >= 0.6 is 0 Å². The van der Waals surface area contributed by atoms with Crippen LogP contribution in [-0.4, -0.2) is 21.1 Å². The van der Waals surface area contributed by atoms with E-state index in [1.807, 2.05) is 30.3 Å². The van der Waals surface area contributed by atoms with E-state index in [1.165, 1.54) is 4.68 Å². The zero-order chi connectivity index (χ0) is 10.7. The molecule has 5 nitrogen and oxygen atoms in total.